The number of carbonyl (C=O) groups is 1. The van der Waals surface area contributed by atoms with Crippen LogP contribution in [-0.2, 0) is 27.9 Å². The number of amides is 1. The number of aryl methyl sites for hydroxylation is 1. The minimum Gasteiger partial charge on any atom is -0.326 e. The Morgan fingerprint density at radius 1 is 1.24 bits per heavy atom. The fourth-order valence-corrected chi connectivity index (χ4v) is 4.28. The van der Waals surface area contributed by atoms with Crippen molar-refractivity contribution in [2.75, 3.05) is 12.4 Å². The molecule has 4 aromatic heterocycles. The topological polar surface area (TPSA) is 133 Å². The number of fused-ring (bicyclic) bond motifs is 2. The minimum atomic E-state index is -4.68. The SMILES string of the molecule is CCONC(=O)c1ccnc2c(-c3nc4cc(C(F)(F)F)ncc4n3C)c(S(=O)(=O)CC)nn12. The van der Waals surface area contributed by atoms with E-state index in [1.54, 1.807) is 6.92 Å². The molecule has 0 fully saturated rings. The van der Waals surface area contributed by atoms with Crippen LogP contribution >= 0.6 is 0 Å². The van der Waals surface area contributed by atoms with E-state index in [-0.39, 0.29) is 46.1 Å². The van der Waals surface area contributed by atoms with Crippen LogP contribution in [0.2, 0.25) is 0 Å². The van der Waals surface area contributed by atoms with E-state index in [0.717, 1.165) is 16.8 Å². The summed E-state index contributed by atoms with van der Waals surface area (Å²) in [5.74, 6) is -1.03. The molecular weight excluding hydrogens is 479 g/mol. The van der Waals surface area contributed by atoms with Gasteiger partial charge in [0.25, 0.3) is 5.91 Å². The van der Waals surface area contributed by atoms with Crippen molar-refractivity contribution in [2.24, 2.45) is 7.05 Å². The monoisotopic (exact) mass is 497 g/mol. The van der Waals surface area contributed by atoms with Gasteiger partial charge in [-0.25, -0.2) is 33.4 Å². The Morgan fingerprint density at radius 3 is 2.62 bits per heavy atom. The molecule has 0 aromatic carbocycles. The van der Waals surface area contributed by atoms with Gasteiger partial charge in [0.15, 0.2) is 20.5 Å². The molecule has 0 spiro atoms. The molecule has 1 amide bonds. The van der Waals surface area contributed by atoms with Crippen LogP contribution in [0.15, 0.2) is 29.6 Å². The number of sulfone groups is 1. The molecule has 180 valence electrons. The molecule has 4 heterocycles. The van der Waals surface area contributed by atoms with Crippen LogP contribution < -0.4 is 5.48 Å². The van der Waals surface area contributed by atoms with Gasteiger partial charge in [0.1, 0.15) is 22.8 Å². The Kier molecular flexibility index (Phi) is 5.77. The van der Waals surface area contributed by atoms with Crippen LogP contribution in [0.25, 0.3) is 28.1 Å². The number of rotatable bonds is 6. The molecule has 15 heteroatoms. The van der Waals surface area contributed by atoms with E-state index < -0.39 is 32.6 Å². The second kappa shape index (κ2) is 8.32. The average Bonchev–Trinajstić information content (AvgIpc) is 3.34. The molecule has 11 nitrogen and oxygen atoms in total. The Labute approximate surface area is 190 Å². The highest BCUT2D eigenvalue weighted by Gasteiger charge is 2.34. The van der Waals surface area contributed by atoms with Crippen molar-refractivity contribution in [3.63, 3.8) is 0 Å². The Hall–Kier alpha value is -3.59. The summed E-state index contributed by atoms with van der Waals surface area (Å²) in [5, 5.41) is 3.71. The van der Waals surface area contributed by atoms with Gasteiger partial charge in [-0.15, -0.1) is 0 Å². The number of aromatic nitrogens is 6. The van der Waals surface area contributed by atoms with Gasteiger partial charge in [0.2, 0.25) is 0 Å². The summed E-state index contributed by atoms with van der Waals surface area (Å²) < 4.78 is 67.6. The molecular formula is C19H18F3N7O4S. The summed E-state index contributed by atoms with van der Waals surface area (Å²) in [7, 11) is -2.47. The Balaban J connectivity index is 2.03. The molecule has 4 rings (SSSR count). The number of pyridine rings is 1. The third-order valence-corrected chi connectivity index (χ3v) is 6.62. The number of hydroxylamine groups is 1. The lowest BCUT2D eigenvalue weighted by Gasteiger charge is -2.06. The number of halogens is 3. The highest BCUT2D eigenvalue weighted by molar-refractivity contribution is 7.91. The van der Waals surface area contributed by atoms with E-state index in [0.29, 0.717) is 0 Å². The van der Waals surface area contributed by atoms with E-state index in [1.165, 1.54) is 30.8 Å². The molecule has 4 aromatic rings. The fourth-order valence-electron chi connectivity index (χ4n) is 3.31. The van der Waals surface area contributed by atoms with Crippen molar-refractivity contribution in [3.8, 4) is 11.4 Å². The van der Waals surface area contributed by atoms with Gasteiger partial charge in [-0.2, -0.15) is 18.3 Å². The van der Waals surface area contributed by atoms with Gasteiger partial charge in [-0.05, 0) is 19.1 Å². The van der Waals surface area contributed by atoms with Crippen LogP contribution in [0.5, 0.6) is 0 Å². The van der Waals surface area contributed by atoms with Crippen molar-refractivity contribution in [3.05, 3.63) is 35.9 Å². The standard InChI is InChI=1S/C19H18F3N7O4S/c1-4-33-27-17(30)11-6-7-23-15-14(18(26-29(11)15)34(31,32)5-2)16-25-10-8-13(19(20,21)22)24-9-12(10)28(16)3/h6-9H,4-5H2,1-3H3,(H,27,30). The lowest BCUT2D eigenvalue weighted by molar-refractivity contribution is -0.141. The zero-order valence-corrected chi connectivity index (χ0v) is 18.9. The average molecular weight is 497 g/mol. The minimum absolute atomic E-state index is 0.00647. The van der Waals surface area contributed by atoms with Gasteiger partial charge in [-0.3, -0.25) is 9.63 Å². The van der Waals surface area contributed by atoms with Gasteiger partial charge in [0.05, 0.1) is 29.6 Å². The van der Waals surface area contributed by atoms with Crippen molar-refractivity contribution < 1.29 is 31.2 Å². The lowest BCUT2D eigenvalue weighted by atomic mass is 10.3. The second-order valence-electron chi connectivity index (χ2n) is 7.06. The molecule has 34 heavy (non-hydrogen) atoms. The van der Waals surface area contributed by atoms with Crippen molar-refractivity contribution in [1.82, 2.24) is 34.6 Å². The largest absolute Gasteiger partial charge is 0.433 e. The van der Waals surface area contributed by atoms with E-state index in [2.05, 4.69) is 25.5 Å². The first kappa shape index (κ1) is 23.6. The van der Waals surface area contributed by atoms with Crippen LogP contribution in [0.3, 0.4) is 0 Å². The zero-order chi connectivity index (χ0) is 24.8. The van der Waals surface area contributed by atoms with Gasteiger partial charge < -0.3 is 4.57 Å². The maximum absolute atomic E-state index is 13.1. The molecule has 0 unspecified atom stereocenters. The van der Waals surface area contributed by atoms with E-state index >= 15 is 0 Å². The summed E-state index contributed by atoms with van der Waals surface area (Å²) in [6.07, 6.45) is -2.41. The predicted octanol–water partition coefficient (Wildman–Crippen LogP) is 2.17. The number of hydrogen-bond acceptors (Lipinski definition) is 8. The molecule has 0 radical (unpaired) electrons. The molecule has 0 aliphatic carbocycles. The Morgan fingerprint density at radius 2 is 1.97 bits per heavy atom. The van der Waals surface area contributed by atoms with Crippen molar-refractivity contribution in [2.45, 2.75) is 25.0 Å². The van der Waals surface area contributed by atoms with E-state index in [1.807, 2.05) is 0 Å². The number of nitrogens with zero attached hydrogens (tertiary/aromatic N) is 6. The van der Waals surface area contributed by atoms with Crippen LogP contribution in [0.4, 0.5) is 13.2 Å². The third kappa shape index (κ3) is 3.86. The predicted molar refractivity (Wildman–Crippen MR) is 112 cm³/mol. The highest BCUT2D eigenvalue weighted by Crippen LogP contribution is 2.34. The summed E-state index contributed by atoms with van der Waals surface area (Å²) in [6.45, 7) is 3.26. The van der Waals surface area contributed by atoms with Gasteiger partial charge >= 0.3 is 6.18 Å². The van der Waals surface area contributed by atoms with E-state index in [9.17, 15) is 26.4 Å². The number of nitrogens with one attached hydrogen (secondary N) is 1. The maximum Gasteiger partial charge on any atom is 0.433 e. The maximum atomic E-state index is 13.1. The summed E-state index contributed by atoms with van der Waals surface area (Å²) in [4.78, 5) is 29.3. The van der Waals surface area contributed by atoms with Gasteiger partial charge in [0, 0.05) is 13.2 Å². The third-order valence-electron chi connectivity index (χ3n) is 4.98. The molecule has 0 atom stereocenters. The first-order chi connectivity index (χ1) is 16.0. The summed E-state index contributed by atoms with van der Waals surface area (Å²) in [6, 6.07) is 2.09. The molecule has 0 aliphatic rings. The lowest BCUT2D eigenvalue weighted by Crippen LogP contribution is -2.26. The summed E-state index contributed by atoms with van der Waals surface area (Å²) >= 11 is 0. The quantitative estimate of drug-likeness (QED) is 0.401. The first-order valence-electron chi connectivity index (χ1n) is 9.92. The molecule has 1 N–H and O–H groups in total. The number of alkyl halides is 3. The fraction of sp³-hybridized carbons (Fsp3) is 0.316. The van der Waals surface area contributed by atoms with Crippen LogP contribution in [-0.4, -0.2) is 55.8 Å². The summed E-state index contributed by atoms with van der Waals surface area (Å²) in [5.41, 5.74) is 1.08. The number of imidazole rings is 1. The zero-order valence-electron chi connectivity index (χ0n) is 18.1. The first-order valence-corrected chi connectivity index (χ1v) is 11.6. The smallest absolute Gasteiger partial charge is 0.326 e. The number of hydrogen-bond donors (Lipinski definition) is 1. The van der Waals surface area contributed by atoms with E-state index in [4.69, 9.17) is 4.84 Å². The van der Waals surface area contributed by atoms with Crippen molar-refractivity contribution in [1.29, 1.82) is 0 Å². The Bertz CT molecular complexity index is 1530. The molecule has 0 bridgehead atoms. The van der Waals surface area contributed by atoms with Crippen LogP contribution in [0, 0.1) is 0 Å². The highest BCUT2D eigenvalue weighted by atomic mass is 32.2. The number of carbonyl (C=O) groups excluding carboxylic acids is 1. The second-order valence-corrected chi connectivity index (χ2v) is 9.26. The normalized spacial score (nSPS) is 12.5. The van der Waals surface area contributed by atoms with Crippen molar-refractivity contribution >= 4 is 32.4 Å². The van der Waals surface area contributed by atoms with Crippen LogP contribution in [0.1, 0.15) is 30.0 Å². The molecule has 0 saturated heterocycles. The van der Waals surface area contributed by atoms with Gasteiger partial charge in [-0.1, -0.05) is 6.92 Å². The molecule has 0 aliphatic heterocycles. The molecule has 0 saturated carbocycles.